The smallest absolute Gasteiger partial charge is 0.414 e. The van der Waals surface area contributed by atoms with Gasteiger partial charge < -0.3 is 10.1 Å². The molecule has 1 aliphatic heterocycles. The first-order valence-electron chi connectivity index (χ1n) is 7.40. The minimum absolute atomic E-state index is 0.133. The highest BCUT2D eigenvalue weighted by Crippen LogP contribution is 2.20. The van der Waals surface area contributed by atoms with E-state index in [1.165, 1.54) is 4.90 Å². The van der Waals surface area contributed by atoms with Gasteiger partial charge in [0.05, 0.1) is 12.6 Å². The molecular weight excluding hydrogens is 294 g/mol. The molecule has 1 saturated heterocycles. The van der Waals surface area contributed by atoms with Gasteiger partial charge in [0.25, 0.3) is 5.91 Å². The largest absolute Gasteiger partial charge is 0.447 e. The molecule has 3 rings (SSSR count). The summed E-state index contributed by atoms with van der Waals surface area (Å²) in [7, 11) is 0. The van der Waals surface area contributed by atoms with Crippen LogP contribution in [0, 0.1) is 0 Å². The molecule has 0 spiro atoms. The van der Waals surface area contributed by atoms with Crippen LogP contribution in [0.15, 0.2) is 48.8 Å². The van der Waals surface area contributed by atoms with E-state index in [-0.39, 0.29) is 18.0 Å². The molecule has 118 valence electrons. The van der Waals surface area contributed by atoms with Crippen LogP contribution in [0.2, 0.25) is 0 Å². The molecule has 6 heteroatoms. The predicted octanol–water partition coefficient (Wildman–Crippen LogP) is 2.53. The van der Waals surface area contributed by atoms with Crippen molar-refractivity contribution in [2.45, 2.75) is 13.0 Å². The third-order valence-corrected chi connectivity index (χ3v) is 3.73. The van der Waals surface area contributed by atoms with Crippen molar-refractivity contribution in [2.75, 3.05) is 18.1 Å². The van der Waals surface area contributed by atoms with E-state index >= 15 is 0 Å². The van der Waals surface area contributed by atoms with Crippen molar-refractivity contribution in [1.82, 2.24) is 10.3 Å². The number of nitrogens with zero attached hydrogens (tertiary/aromatic N) is 2. The molecule has 1 aliphatic rings. The summed E-state index contributed by atoms with van der Waals surface area (Å²) in [4.78, 5) is 29.5. The normalized spacial score (nSPS) is 15.2. The summed E-state index contributed by atoms with van der Waals surface area (Å²) < 4.78 is 4.92. The summed E-state index contributed by atoms with van der Waals surface area (Å²) in [5.41, 5.74) is 2.15. The first-order valence-corrected chi connectivity index (χ1v) is 7.40. The SMILES string of the molecule is C[C@@H](NC(=O)c1cccc(N2CCOC2=O)c1)c1ccncc1. The molecule has 0 unspecified atom stereocenters. The minimum Gasteiger partial charge on any atom is -0.447 e. The number of pyridine rings is 1. The van der Waals surface area contributed by atoms with Crippen molar-refractivity contribution in [2.24, 2.45) is 0 Å². The van der Waals surface area contributed by atoms with Crippen LogP contribution in [0.3, 0.4) is 0 Å². The van der Waals surface area contributed by atoms with Gasteiger partial charge in [-0.05, 0) is 42.8 Å². The molecule has 6 nitrogen and oxygen atoms in total. The Morgan fingerprint density at radius 2 is 2.09 bits per heavy atom. The van der Waals surface area contributed by atoms with Crippen LogP contribution in [0.25, 0.3) is 0 Å². The summed E-state index contributed by atoms with van der Waals surface area (Å²) in [5.74, 6) is -0.191. The zero-order chi connectivity index (χ0) is 16.2. The standard InChI is InChI=1S/C17H17N3O3/c1-12(13-5-7-18-8-6-13)19-16(21)14-3-2-4-15(11-14)20-9-10-23-17(20)22/h2-8,11-12H,9-10H2,1H3,(H,19,21)/t12-/m1/s1. The number of carbonyl (C=O) groups is 2. The third kappa shape index (κ3) is 3.31. The number of ether oxygens (including phenoxy) is 1. The zero-order valence-electron chi connectivity index (χ0n) is 12.7. The number of cyclic esters (lactones) is 1. The van der Waals surface area contributed by atoms with Crippen molar-refractivity contribution in [3.05, 3.63) is 59.9 Å². The quantitative estimate of drug-likeness (QED) is 0.942. The molecule has 2 heterocycles. The summed E-state index contributed by atoms with van der Waals surface area (Å²) in [6, 6.07) is 10.6. The van der Waals surface area contributed by atoms with Crippen LogP contribution in [-0.2, 0) is 4.74 Å². The van der Waals surface area contributed by atoms with Gasteiger partial charge in [-0.25, -0.2) is 4.79 Å². The lowest BCUT2D eigenvalue weighted by molar-refractivity contribution is 0.0939. The average molecular weight is 311 g/mol. The van der Waals surface area contributed by atoms with E-state index in [1.54, 1.807) is 36.7 Å². The van der Waals surface area contributed by atoms with Gasteiger partial charge in [-0.2, -0.15) is 0 Å². The highest BCUT2D eigenvalue weighted by molar-refractivity contribution is 5.97. The molecule has 23 heavy (non-hydrogen) atoms. The zero-order valence-corrected chi connectivity index (χ0v) is 12.7. The van der Waals surface area contributed by atoms with Gasteiger partial charge in [0, 0.05) is 23.6 Å². The number of hydrogen-bond donors (Lipinski definition) is 1. The molecule has 2 amide bonds. The number of aromatic nitrogens is 1. The van der Waals surface area contributed by atoms with Crippen molar-refractivity contribution in [1.29, 1.82) is 0 Å². The van der Waals surface area contributed by atoms with Gasteiger partial charge in [-0.3, -0.25) is 14.7 Å². The lowest BCUT2D eigenvalue weighted by Gasteiger charge is -2.16. The van der Waals surface area contributed by atoms with Gasteiger partial charge >= 0.3 is 6.09 Å². The van der Waals surface area contributed by atoms with Gasteiger partial charge in [0.15, 0.2) is 0 Å². The van der Waals surface area contributed by atoms with Crippen LogP contribution in [0.4, 0.5) is 10.5 Å². The van der Waals surface area contributed by atoms with Crippen LogP contribution < -0.4 is 10.2 Å². The van der Waals surface area contributed by atoms with E-state index < -0.39 is 0 Å². The number of benzene rings is 1. The van der Waals surface area contributed by atoms with E-state index in [1.807, 2.05) is 19.1 Å². The highest BCUT2D eigenvalue weighted by Gasteiger charge is 2.24. The molecule has 1 aromatic carbocycles. The molecule has 1 aromatic heterocycles. The molecule has 1 atom stereocenters. The molecule has 1 N–H and O–H groups in total. The first kappa shape index (κ1) is 15.0. The van der Waals surface area contributed by atoms with Gasteiger partial charge in [-0.15, -0.1) is 0 Å². The Kier molecular flexibility index (Phi) is 4.23. The lowest BCUT2D eigenvalue weighted by Crippen LogP contribution is -2.27. The number of amides is 2. The summed E-state index contributed by atoms with van der Waals surface area (Å²) in [6.45, 7) is 2.78. The van der Waals surface area contributed by atoms with Crippen LogP contribution in [0.5, 0.6) is 0 Å². The number of carbonyl (C=O) groups excluding carboxylic acids is 2. The highest BCUT2D eigenvalue weighted by atomic mass is 16.6. The summed E-state index contributed by atoms with van der Waals surface area (Å²) in [6.07, 6.45) is 3.00. The second-order valence-electron chi connectivity index (χ2n) is 5.29. The summed E-state index contributed by atoms with van der Waals surface area (Å²) in [5, 5.41) is 2.94. The number of nitrogens with one attached hydrogen (secondary N) is 1. The Balaban J connectivity index is 1.74. The molecule has 2 aromatic rings. The van der Waals surface area contributed by atoms with Crippen molar-refractivity contribution in [3.63, 3.8) is 0 Å². The Morgan fingerprint density at radius 3 is 2.78 bits per heavy atom. The van der Waals surface area contributed by atoms with Crippen molar-refractivity contribution in [3.8, 4) is 0 Å². The maximum Gasteiger partial charge on any atom is 0.414 e. The number of rotatable bonds is 4. The van der Waals surface area contributed by atoms with E-state index in [9.17, 15) is 9.59 Å². The molecule has 0 bridgehead atoms. The van der Waals surface area contributed by atoms with Crippen molar-refractivity contribution >= 4 is 17.7 Å². The maximum absolute atomic E-state index is 12.4. The topological polar surface area (TPSA) is 71.5 Å². The van der Waals surface area contributed by atoms with Gasteiger partial charge in [-0.1, -0.05) is 6.07 Å². The second kappa shape index (κ2) is 6.48. The fourth-order valence-electron chi connectivity index (χ4n) is 2.46. The predicted molar refractivity (Wildman–Crippen MR) is 85.3 cm³/mol. The van der Waals surface area contributed by atoms with E-state index in [0.717, 1.165) is 5.56 Å². The van der Waals surface area contributed by atoms with E-state index in [0.29, 0.717) is 24.4 Å². The first-order chi connectivity index (χ1) is 11.1. The molecule has 1 fully saturated rings. The molecule has 0 radical (unpaired) electrons. The van der Waals surface area contributed by atoms with Crippen LogP contribution >= 0.6 is 0 Å². The Morgan fingerprint density at radius 1 is 1.30 bits per heavy atom. The number of anilines is 1. The second-order valence-corrected chi connectivity index (χ2v) is 5.29. The average Bonchev–Trinajstić information content (AvgIpc) is 3.02. The van der Waals surface area contributed by atoms with Crippen molar-refractivity contribution < 1.29 is 14.3 Å². The molecule has 0 saturated carbocycles. The van der Waals surface area contributed by atoms with Gasteiger partial charge in [0.1, 0.15) is 6.61 Å². The third-order valence-electron chi connectivity index (χ3n) is 3.73. The fraction of sp³-hybridized carbons (Fsp3) is 0.235. The van der Waals surface area contributed by atoms with Crippen LogP contribution in [0.1, 0.15) is 28.9 Å². The Labute approximate surface area is 134 Å². The fourth-order valence-corrected chi connectivity index (χ4v) is 2.46. The van der Waals surface area contributed by atoms with Crippen LogP contribution in [-0.4, -0.2) is 30.1 Å². The Bertz CT molecular complexity index is 718. The van der Waals surface area contributed by atoms with E-state index in [4.69, 9.17) is 4.74 Å². The van der Waals surface area contributed by atoms with E-state index in [2.05, 4.69) is 10.3 Å². The lowest BCUT2D eigenvalue weighted by atomic mass is 10.1. The maximum atomic E-state index is 12.4. The Hall–Kier alpha value is -2.89. The monoisotopic (exact) mass is 311 g/mol. The minimum atomic E-state index is -0.382. The molecule has 0 aliphatic carbocycles. The number of hydrogen-bond acceptors (Lipinski definition) is 4. The summed E-state index contributed by atoms with van der Waals surface area (Å²) >= 11 is 0. The van der Waals surface area contributed by atoms with Gasteiger partial charge in [0.2, 0.25) is 0 Å². The molecular formula is C17H17N3O3.